The molecule has 2 unspecified atom stereocenters. The number of benzene rings is 1. The molecule has 33 heavy (non-hydrogen) atoms. The molecule has 0 aliphatic heterocycles. The van der Waals surface area contributed by atoms with E-state index in [0.29, 0.717) is 13.1 Å². The summed E-state index contributed by atoms with van der Waals surface area (Å²) in [6, 6.07) is 7.56. The lowest BCUT2D eigenvalue weighted by Gasteiger charge is -2.34. The molecule has 1 aromatic carbocycles. The number of amides is 3. The number of alkyl carbamates (subject to hydrolysis) is 1. The van der Waals surface area contributed by atoms with Crippen LogP contribution in [0, 0.1) is 0 Å². The minimum Gasteiger partial charge on any atom is -0.444 e. The third-order valence-electron chi connectivity index (χ3n) is 4.96. The van der Waals surface area contributed by atoms with Crippen LogP contribution in [-0.2, 0) is 14.3 Å². The Hall–Kier alpha value is -2.22. The van der Waals surface area contributed by atoms with E-state index < -0.39 is 23.8 Å². The second kappa shape index (κ2) is 14.8. The van der Waals surface area contributed by atoms with Crippen LogP contribution in [0.5, 0.6) is 0 Å². The Morgan fingerprint density at radius 2 is 1.67 bits per heavy atom. The van der Waals surface area contributed by atoms with Gasteiger partial charge in [0.1, 0.15) is 17.7 Å². The van der Waals surface area contributed by atoms with E-state index in [0.717, 1.165) is 37.7 Å². The second-order valence-electron chi connectivity index (χ2n) is 9.08. The fourth-order valence-electron chi connectivity index (χ4n) is 3.32. The first kappa shape index (κ1) is 28.8. The van der Waals surface area contributed by atoms with Gasteiger partial charge in [-0.25, -0.2) is 4.79 Å². The molecule has 0 fully saturated rings. The SMILES string of the molecule is CCCCCNC(=O)C(c1ccccc1)N(CCCC)C(=O)C(CS)NC(=O)OC(C)(C)C. The highest BCUT2D eigenvalue weighted by Gasteiger charge is 2.35. The van der Waals surface area contributed by atoms with Crippen LogP contribution in [0.25, 0.3) is 0 Å². The summed E-state index contributed by atoms with van der Waals surface area (Å²) in [5, 5.41) is 5.62. The van der Waals surface area contributed by atoms with Crippen LogP contribution in [0.15, 0.2) is 30.3 Å². The van der Waals surface area contributed by atoms with Crippen molar-refractivity contribution in [3.05, 3.63) is 35.9 Å². The van der Waals surface area contributed by atoms with Gasteiger partial charge in [-0.2, -0.15) is 12.6 Å². The van der Waals surface area contributed by atoms with Gasteiger partial charge >= 0.3 is 6.09 Å². The van der Waals surface area contributed by atoms with Crippen LogP contribution in [-0.4, -0.2) is 53.3 Å². The topological polar surface area (TPSA) is 87.7 Å². The van der Waals surface area contributed by atoms with E-state index in [1.54, 1.807) is 25.7 Å². The number of nitrogens with zero attached hydrogens (tertiary/aromatic N) is 1. The third kappa shape index (κ3) is 10.5. The lowest BCUT2D eigenvalue weighted by atomic mass is 10.0. The molecule has 186 valence electrons. The first-order chi connectivity index (χ1) is 15.6. The smallest absolute Gasteiger partial charge is 0.408 e. The summed E-state index contributed by atoms with van der Waals surface area (Å²) in [7, 11) is 0. The predicted molar refractivity (Wildman–Crippen MR) is 135 cm³/mol. The van der Waals surface area contributed by atoms with Crippen LogP contribution < -0.4 is 10.6 Å². The van der Waals surface area contributed by atoms with E-state index in [2.05, 4.69) is 30.2 Å². The van der Waals surface area contributed by atoms with Crippen LogP contribution in [0.1, 0.15) is 78.3 Å². The van der Waals surface area contributed by atoms with Gasteiger partial charge in [-0.3, -0.25) is 9.59 Å². The van der Waals surface area contributed by atoms with Gasteiger partial charge < -0.3 is 20.3 Å². The number of hydrogen-bond acceptors (Lipinski definition) is 5. The maximum Gasteiger partial charge on any atom is 0.408 e. The van der Waals surface area contributed by atoms with Gasteiger partial charge in [-0.05, 0) is 39.2 Å². The van der Waals surface area contributed by atoms with Gasteiger partial charge in [-0.15, -0.1) is 0 Å². The van der Waals surface area contributed by atoms with Crippen molar-refractivity contribution in [1.82, 2.24) is 15.5 Å². The maximum atomic E-state index is 13.6. The van der Waals surface area contributed by atoms with Gasteiger partial charge in [0.2, 0.25) is 11.8 Å². The van der Waals surface area contributed by atoms with Crippen molar-refractivity contribution >= 4 is 30.5 Å². The van der Waals surface area contributed by atoms with Crippen molar-refractivity contribution in [2.45, 2.75) is 84.4 Å². The summed E-state index contributed by atoms with van der Waals surface area (Å²) < 4.78 is 5.32. The molecule has 0 aromatic heterocycles. The van der Waals surface area contributed by atoms with E-state index in [-0.39, 0.29) is 17.6 Å². The van der Waals surface area contributed by atoms with E-state index in [9.17, 15) is 14.4 Å². The summed E-state index contributed by atoms with van der Waals surface area (Å²) in [4.78, 5) is 40.8. The molecule has 1 aromatic rings. The Morgan fingerprint density at radius 3 is 2.21 bits per heavy atom. The first-order valence-electron chi connectivity index (χ1n) is 11.9. The molecule has 7 nitrogen and oxygen atoms in total. The molecular weight excluding hydrogens is 438 g/mol. The molecule has 0 saturated carbocycles. The standard InChI is InChI=1S/C25H41N3O4S/c1-6-8-13-16-26-22(29)21(19-14-11-10-12-15-19)28(17-9-7-2)23(30)20(18-33)27-24(31)32-25(3,4)5/h10-12,14-15,20-21,33H,6-9,13,16-18H2,1-5H3,(H,26,29)(H,27,31). The lowest BCUT2D eigenvalue weighted by molar-refractivity contribution is -0.142. The van der Waals surface area contributed by atoms with Crippen molar-refractivity contribution in [3.8, 4) is 0 Å². The van der Waals surface area contributed by atoms with E-state index in [1.165, 1.54) is 0 Å². The van der Waals surface area contributed by atoms with Gasteiger partial charge in [-0.1, -0.05) is 63.4 Å². The molecular formula is C25H41N3O4S. The van der Waals surface area contributed by atoms with Crippen LogP contribution in [0.2, 0.25) is 0 Å². The number of nitrogens with one attached hydrogen (secondary N) is 2. The van der Waals surface area contributed by atoms with Gasteiger partial charge in [0.25, 0.3) is 0 Å². The lowest BCUT2D eigenvalue weighted by Crippen LogP contribution is -2.54. The maximum absolute atomic E-state index is 13.6. The molecule has 0 bridgehead atoms. The van der Waals surface area contributed by atoms with Crippen molar-refractivity contribution in [2.75, 3.05) is 18.8 Å². The molecule has 0 spiro atoms. The Kier molecular flexibility index (Phi) is 13.0. The molecule has 0 heterocycles. The highest BCUT2D eigenvalue weighted by atomic mass is 32.1. The number of carbonyl (C=O) groups is 3. The Balaban J connectivity index is 3.20. The monoisotopic (exact) mass is 479 g/mol. The molecule has 0 radical (unpaired) electrons. The molecule has 3 amide bonds. The first-order valence-corrected chi connectivity index (χ1v) is 12.5. The van der Waals surface area contributed by atoms with Crippen LogP contribution in [0.4, 0.5) is 4.79 Å². The summed E-state index contributed by atoms with van der Waals surface area (Å²) in [6.07, 6.45) is 3.85. The number of ether oxygens (including phenoxy) is 1. The third-order valence-corrected chi connectivity index (χ3v) is 5.33. The number of hydrogen-bond donors (Lipinski definition) is 3. The van der Waals surface area contributed by atoms with Gasteiger partial charge in [0.05, 0.1) is 0 Å². The molecule has 0 aliphatic rings. The fourth-order valence-corrected chi connectivity index (χ4v) is 3.57. The molecule has 0 aliphatic carbocycles. The fraction of sp³-hybridized carbons (Fsp3) is 0.640. The highest BCUT2D eigenvalue weighted by molar-refractivity contribution is 7.80. The normalized spacial score (nSPS) is 13.0. The zero-order chi connectivity index (χ0) is 24.9. The van der Waals surface area contributed by atoms with E-state index in [1.807, 2.05) is 37.3 Å². The summed E-state index contributed by atoms with van der Waals surface area (Å²) in [5.74, 6) is -0.501. The number of carbonyl (C=O) groups excluding carboxylic acids is 3. The molecule has 0 saturated heterocycles. The van der Waals surface area contributed by atoms with E-state index >= 15 is 0 Å². The Morgan fingerprint density at radius 1 is 1.03 bits per heavy atom. The second-order valence-corrected chi connectivity index (χ2v) is 9.44. The van der Waals surface area contributed by atoms with Crippen LogP contribution in [0.3, 0.4) is 0 Å². The molecule has 1 rings (SSSR count). The zero-order valence-corrected chi connectivity index (χ0v) is 21.6. The molecule has 2 atom stereocenters. The van der Waals surface area contributed by atoms with Crippen LogP contribution >= 0.6 is 12.6 Å². The summed E-state index contributed by atoms with van der Waals surface area (Å²) in [6.45, 7) is 10.3. The largest absolute Gasteiger partial charge is 0.444 e. The van der Waals surface area contributed by atoms with Gasteiger partial charge in [0.15, 0.2) is 0 Å². The number of unbranched alkanes of at least 4 members (excludes halogenated alkanes) is 3. The average Bonchev–Trinajstić information content (AvgIpc) is 2.76. The number of thiol groups is 1. The van der Waals surface area contributed by atoms with Crippen molar-refractivity contribution in [1.29, 1.82) is 0 Å². The molecule has 2 N–H and O–H groups in total. The average molecular weight is 480 g/mol. The van der Waals surface area contributed by atoms with Crippen molar-refractivity contribution < 1.29 is 19.1 Å². The highest BCUT2D eigenvalue weighted by Crippen LogP contribution is 2.23. The van der Waals surface area contributed by atoms with Gasteiger partial charge in [0, 0.05) is 18.8 Å². The van der Waals surface area contributed by atoms with E-state index in [4.69, 9.17) is 4.74 Å². The van der Waals surface area contributed by atoms with Crippen molar-refractivity contribution in [3.63, 3.8) is 0 Å². The summed E-state index contributed by atoms with van der Waals surface area (Å²) >= 11 is 4.30. The zero-order valence-electron chi connectivity index (χ0n) is 20.7. The summed E-state index contributed by atoms with van der Waals surface area (Å²) in [5.41, 5.74) is 0.0336. The minimum atomic E-state index is -0.917. The Labute approximate surface area is 204 Å². The Bertz CT molecular complexity index is 737. The quantitative estimate of drug-likeness (QED) is 0.287. The number of rotatable bonds is 13. The predicted octanol–water partition coefficient (Wildman–Crippen LogP) is 4.49. The van der Waals surface area contributed by atoms with Crippen molar-refractivity contribution in [2.24, 2.45) is 0 Å². The molecule has 8 heteroatoms. The minimum absolute atomic E-state index is 0.0837.